The minimum atomic E-state index is 0.271. The topological polar surface area (TPSA) is 29.9 Å². The second-order valence-corrected chi connectivity index (χ2v) is 5.31. The van der Waals surface area contributed by atoms with Crippen LogP contribution in [0.2, 0.25) is 0 Å². The van der Waals surface area contributed by atoms with Crippen LogP contribution in [-0.2, 0) is 13.5 Å². The summed E-state index contributed by atoms with van der Waals surface area (Å²) in [5.41, 5.74) is 2.66. The van der Waals surface area contributed by atoms with Gasteiger partial charge in [-0.15, -0.1) is 0 Å². The average molecular weight is 209 g/mol. The molecule has 0 radical (unpaired) electrons. The van der Waals surface area contributed by atoms with Crippen LogP contribution in [0.5, 0.6) is 0 Å². The van der Waals surface area contributed by atoms with Crippen molar-refractivity contribution >= 4 is 0 Å². The maximum atomic E-state index is 4.37. The summed E-state index contributed by atoms with van der Waals surface area (Å²) in [6, 6.07) is 2.64. The predicted octanol–water partition coefficient (Wildman–Crippen LogP) is 1.91. The van der Waals surface area contributed by atoms with Crippen molar-refractivity contribution < 1.29 is 0 Å². The van der Waals surface area contributed by atoms with Crippen LogP contribution in [0.3, 0.4) is 0 Å². The number of aromatic nitrogens is 2. The van der Waals surface area contributed by atoms with Gasteiger partial charge in [0.1, 0.15) is 0 Å². The van der Waals surface area contributed by atoms with Crippen LogP contribution < -0.4 is 5.32 Å². The largest absolute Gasteiger partial charge is 0.316 e. The first-order valence-corrected chi connectivity index (χ1v) is 5.51. The number of likely N-dealkylation sites (N-methyl/N-ethyl adjacent to an activating group) is 1. The van der Waals surface area contributed by atoms with E-state index in [0.717, 1.165) is 12.1 Å². The Morgan fingerprint density at radius 2 is 2.07 bits per heavy atom. The molecule has 1 aromatic heterocycles. The maximum Gasteiger partial charge on any atom is 0.0596 e. The van der Waals surface area contributed by atoms with E-state index in [-0.39, 0.29) is 5.41 Å². The second-order valence-electron chi connectivity index (χ2n) is 5.31. The molecule has 0 bridgehead atoms. The van der Waals surface area contributed by atoms with Crippen molar-refractivity contribution in [3.8, 4) is 0 Å². The van der Waals surface area contributed by atoms with Crippen molar-refractivity contribution in [1.29, 1.82) is 0 Å². The summed E-state index contributed by atoms with van der Waals surface area (Å²) in [5.74, 6) is 0. The molecule has 0 amide bonds. The fourth-order valence-corrected chi connectivity index (χ4v) is 1.91. The SMILES string of the molecule is CNC(Cc1cc(C)nn1C)C(C)(C)C. The van der Waals surface area contributed by atoms with Crippen LogP contribution in [-0.4, -0.2) is 22.9 Å². The van der Waals surface area contributed by atoms with Crippen LogP contribution >= 0.6 is 0 Å². The number of nitrogens with one attached hydrogen (secondary N) is 1. The Hall–Kier alpha value is -0.830. The summed E-state index contributed by atoms with van der Waals surface area (Å²) in [7, 11) is 4.04. The van der Waals surface area contributed by atoms with Crippen LogP contribution in [0.15, 0.2) is 6.07 Å². The molecule has 0 aliphatic heterocycles. The molecule has 3 nitrogen and oxygen atoms in total. The smallest absolute Gasteiger partial charge is 0.0596 e. The summed E-state index contributed by atoms with van der Waals surface area (Å²) < 4.78 is 1.98. The van der Waals surface area contributed by atoms with Gasteiger partial charge in [-0.2, -0.15) is 5.10 Å². The third-order valence-corrected chi connectivity index (χ3v) is 2.91. The van der Waals surface area contributed by atoms with Gasteiger partial charge in [0.25, 0.3) is 0 Å². The first-order valence-electron chi connectivity index (χ1n) is 5.51. The van der Waals surface area contributed by atoms with Crippen LogP contribution in [0.4, 0.5) is 0 Å². The summed E-state index contributed by atoms with van der Waals surface area (Å²) in [4.78, 5) is 0. The molecule has 0 spiro atoms. The van der Waals surface area contributed by atoms with Gasteiger partial charge in [0.2, 0.25) is 0 Å². The average Bonchev–Trinajstić information content (AvgIpc) is 2.38. The predicted molar refractivity (Wildman–Crippen MR) is 64.0 cm³/mol. The van der Waals surface area contributed by atoms with Crippen LogP contribution in [0, 0.1) is 12.3 Å². The van der Waals surface area contributed by atoms with Crippen molar-refractivity contribution in [3.63, 3.8) is 0 Å². The Balaban J connectivity index is 2.80. The first-order chi connectivity index (χ1) is 6.84. The Labute approximate surface area is 92.9 Å². The molecule has 86 valence electrons. The highest BCUT2D eigenvalue weighted by atomic mass is 15.3. The van der Waals surface area contributed by atoms with Crippen molar-refractivity contribution in [2.45, 2.75) is 40.2 Å². The lowest BCUT2D eigenvalue weighted by atomic mass is 9.84. The van der Waals surface area contributed by atoms with E-state index in [1.54, 1.807) is 0 Å². The zero-order valence-electron chi connectivity index (χ0n) is 10.8. The van der Waals surface area contributed by atoms with Crippen molar-refractivity contribution in [2.75, 3.05) is 7.05 Å². The van der Waals surface area contributed by atoms with Crippen molar-refractivity contribution in [1.82, 2.24) is 15.1 Å². The molecule has 0 saturated heterocycles. The third-order valence-electron chi connectivity index (χ3n) is 2.91. The highest BCUT2D eigenvalue weighted by Gasteiger charge is 2.24. The Bertz CT molecular complexity index is 320. The molecule has 1 rings (SSSR count). The molecule has 1 atom stereocenters. The van der Waals surface area contributed by atoms with E-state index in [4.69, 9.17) is 0 Å². The summed E-state index contributed by atoms with van der Waals surface area (Å²) in [6.07, 6.45) is 1.03. The molecule has 1 unspecified atom stereocenters. The van der Waals surface area contributed by atoms with Crippen molar-refractivity contribution in [3.05, 3.63) is 17.5 Å². The Kier molecular flexibility index (Phi) is 3.55. The van der Waals surface area contributed by atoms with Gasteiger partial charge in [-0.1, -0.05) is 20.8 Å². The molecule has 0 saturated carbocycles. The molecule has 0 aliphatic carbocycles. The number of nitrogens with zero attached hydrogens (tertiary/aromatic N) is 2. The fourth-order valence-electron chi connectivity index (χ4n) is 1.91. The summed E-state index contributed by atoms with van der Waals surface area (Å²) in [5, 5.41) is 7.76. The molecule has 1 heterocycles. The minimum Gasteiger partial charge on any atom is -0.316 e. The van der Waals surface area contributed by atoms with Crippen molar-refractivity contribution in [2.24, 2.45) is 12.5 Å². The van der Waals surface area contributed by atoms with Crippen LogP contribution in [0.25, 0.3) is 0 Å². The normalized spacial score (nSPS) is 14.3. The van der Waals surface area contributed by atoms with E-state index in [0.29, 0.717) is 6.04 Å². The first kappa shape index (κ1) is 12.2. The third kappa shape index (κ3) is 3.06. The van der Waals surface area contributed by atoms with Gasteiger partial charge in [0.15, 0.2) is 0 Å². The number of hydrogen-bond donors (Lipinski definition) is 1. The zero-order valence-corrected chi connectivity index (χ0v) is 10.8. The molecule has 0 fully saturated rings. The standard InChI is InChI=1S/C12H23N3/c1-9-7-10(15(6)14-9)8-11(13-5)12(2,3)4/h7,11,13H,8H2,1-6H3. The maximum absolute atomic E-state index is 4.37. The monoisotopic (exact) mass is 209 g/mol. The van der Waals surface area contributed by atoms with E-state index < -0.39 is 0 Å². The molecule has 15 heavy (non-hydrogen) atoms. The molecule has 1 aromatic rings. The van der Waals surface area contributed by atoms with E-state index in [1.165, 1.54) is 5.69 Å². The Morgan fingerprint density at radius 1 is 1.47 bits per heavy atom. The van der Waals surface area contributed by atoms with Crippen LogP contribution in [0.1, 0.15) is 32.2 Å². The molecule has 1 N–H and O–H groups in total. The van der Waals surface area contributed by atoms with Gasteiger partial charge in [0, 0.05) is 25.2 Å². The summed E-state index contributed by atoms with van der Waals surface area (Å²) in [6.45, 7) is 8.82. The lowest BCUT2D eigenvalue weighted by Crippen LogP contribution is -2.40. The second kappa shape index (κ2) is 4.35. The summed E-state index contributed by atoms with van der Waals surface area (Å²) >= 11 is 0. The Morgan fingerprint density at radius 3 is 2.40 bits per heavy atom. The minimum absolute atomic E-state index is 0.271. The van der Waals surface area contributed by atoms with E-state index in [9.17, 15) is 0 Å². The van der Waals surface area contributed by atoms with Gasteiger partial charge < -0.3 is 5.32 Å². The number of rotatable bonds is 3. The highest BCUT2D eigenvalue weighted by molar-refractivity contribution is 5.10. The van der Waals surface area contributed by atoms with E-state index >= 15 is 0 Å². The van der Waals surface area contributed by atoms with E-state index in [1.807, 2.05) is 25.7 Å². The van der Waals surface area contributed by atoms with Gasteiger partial charge in [-0.25, -0.2) is 0 Å². The van der Waals surface area contributed by atoms with Gasteiger partial charge in [-0.3, -0.25) is 4.68 Å². The van der Waals surface area contributed by atoms with Gasteiger partial charge in [0.05, 0.1) is 5.69 Å². The lowest BCUT2D eigenvalue weighted by Gasteiger charge is -2.30. The molecule has 0 aromatic carbocycles. The quantitative estimate of drug-likeness (QED) is 0.824. The lowest BCUT2D eigenvalue weighted by molar-refractivity contribution is 0.276. The van der Waals surface area contributed by atoms with E-state index in [2.05, 4.69) is 37.3 Å². The zero-order chi connectivity index (χ0) is 11.6. The van der Waals surface area contributed by atoms with Gasteiger partial charge >= 0.3 is 0 Å². The molecular weight excluding hydrogens is 186 g/mol. The molecular formula is C12H23N3. The fraction of sp³-hybridized carbons (Fsp3) is 0.750. The number of aryl methyl sites for hydroxylation is 2. The molecule has 0 aliphatic rings. The molecule has 3 heteroatoms. The number of hydrogen-bond acceptors (Lipinski definition) is 2. The van der Waals surface area contributed by atoms with Gasteiger partial charge in [-0.05, 0) is 25.5 Å². The highest BCUT2D eigenvalue weighted by Crippen LogP contribution is 2.22.